The molecular formula is C32H28N6S. The van der Waals surface area contributed by atoms with Crippen molar-refractivity contribution in [1.29, 1.82) is 0 Å². The van der Waals surface area contributed by atoms with Gasteiger partial charge in [0.05, 0.1) is 27.8 Å². The molecule has 7 heteroatoms. The van der Waals surface area contributed by atoms with E-state index in [-0.39, 0.29) is 5.41 Å². The van der Waals surface area contributed by atoms with Gasteiger partial charge in [0.2, 0.25) is 5.78 Å². The monoisotopic (exact) mass is 528 g/mol. The van der Waals surface area contributed by atoms with Gasteiger partial charge in [-0.15, -0.1) is 0 Å². The Balaban J connectivity index is 1.43. The lowest BCUT2D eigenvalue weighted by atomic mass is 9.88. The first kappa shape index (κ1) is 23.7. The molecule has 0 unspecified atom stereocenters. The first-order valence-electron chi connectivity index (χ1n) is 13.0. The van der Waals surface area contributed by atoms with Crippen LogP contribution in [0.4, 0.5) is 0 Å². The standard InChI is InChI=1S/C32H28N6S/c1-21-8-5-11-27-30(21)35-31-37(27)26-13-12-25(39-24-10-6-9-23(19-24)36-17-7-15-34-36)20-28(26)38(31)29-18-22(14-16-33-29)32(2,3)4/h5-20H,1-4H3. The lowest BCUT2D eigenvalue weighted by molar-refractivity contribution is 0.588. The first-order valence-corrected chi connectivity index (χ1v) is 13.9. The van der Waals surface area contributed by atoms with E-state index in [4.69, 9.17) is 9.97 Å². The Kier molecular flexibility index (Phi) is 5.39. The number of rotatable bonds is 4. The van der Waals surface area contributed by atoms with Crippen molar-refractivity contribution in [3.05, 3.63) is 109 Å². The molecule has 0 bridgehead atoms. The fourth-order valence-electron chi connectivity index (χ4n) is 5.14. The van der Waals surface area contributed by atoms with E-state index >= 15 is 0 Å². The molecule has 0 saturated carbocycles. The number of hydrogen-bond donors (Lipinski definition) is 0. The lowest BCUT2D eigenvalue weighted by Gasteiger charge is -2.19. The molecule has 39 heavy (non-hydrogen) atoms. The Morgan fingerprint density at radius 1 is 0.769 bits per heavy atom. The molecule has 0 atom stereocenters. The van der Waals surface area contributed by atoms with Crippen molar-refractivity contribution in [2.45, 2.75) is 42.9 Å². The molecule has 4 aromatic heterocycles. The second-order valence-electron chi connectivity index (χ2n) is 10.9. The molecule has 0 amide bonds. The minimum atomic E-state index is 0.00820. The molecule has 0 radical (unpaired) electrons. The van der Waals surface area contributed by atoms with Gasteiger partial charge in [0.15, 0.2) is 0 Å². The minimum absolute atomic E-state index is 0.00820. The number of fused-ring (bicyclic) bond motifs is 5. The zero-order valence-corrected chi connectivity index (χ0v) is 23.1. The average Bonchev–Trinajstić information content (AvgIpc) is 3.65. The zero-order valence-electron chi connectivity index (χ0n) is 22.3. The van der Waals surface area contributed by atoms with E-state index in [1.165, 1.54) is 5.56 Å². The number of hydrogen-bond acceptors (Lipinski definition) is 4. The van der Waals surface area contributed by atoms with E-state index in [1.807, 2.05) is 23.1 Å². The molecule has 0 saturated heterocycles. The molecule has 3 aromatic carbocycles. The Labute approximate surface area is 230 Å². The van der Waals surface area contributed by atoms with Gasteiger partial charge >= 0.3 is 0 Å². The number of aryl methyl sites for hydroxylation is 1. The Morgan fingerprint density at radius 2 is 1.62 bits per heavy atom. The van der Waals surface area contributed by atoms with Crippen molar-refractivity contribution in [2.75, 3.05) is 0 Å². The van der Waals surface area contributed by atoms with E-state index in [1.54, 1.807) is 18.0 Å². The summed E-state index contributed by atoms with van der Waals surface area (Å²) in [6, 6.07) is 27.7. The van der Waals surface area contributed by atoms with Crippen LogP contribution in [0, 0.1) is 6.92 Å². The third-order valence-corrected chi connectivity index (χ3v) is 8.14. The van der Waals surface area contributed by atoms with Crippen LogP contribution in [-0.2, 0) is 5.41 Å². The third kappa shape index (κ3) is 4.01. The van der Waals surface area contributed by atoms with Gasteiger partial charge in [-0.25, -0.2) is 14.6 Å². The molecular weight excluding hydrogens is 500 g/mol. The summed E-state index contributed by atoms with van der Waals surface area (Å²) >= 11 is 1.74. The van der Waals surface area contributed by atoms with Crippen molar-refractivity contribution in [1.82, 2.24) is 28.7 Å². The van der Waals surface area contributed by atoms with Crippen molar-refractivity contribution >= 4 is 39.6 Å². The molecule has 0 aliphatic rings. The Hall–Kier alpha value is -4.36. The van der Waals surface area contributed by atoms with Crippen LogP contribution >= 0.6 is 11.8 Å². The van der Waals surface area contributed by atoms with Crippen molar-refractivity contribution in [2.24, 2.45) is 0 Å². The second-order valence-corrected chi connectivity index (χ2v) is 12.0. The fraction of sp³-hybridized carbons (Fsp3) is 0.156. The van der Waals surface area contributed by atoms with E-state index < -0.39 is 0 Å². The smallest absolute Gasteiger partial charge is 0.221 e. The number of imidazole rings is 2. The van der Waals surface area contributed by atoms with Crippen LogP contribution in [-0.4, -0.2) is 28.7 Å². The van der Waals surface area contributed by atoms with Crippen LogP contribution in [0.5, 0.6) is 0 Å². The van der Waals surface area contributed by atoms with Crippen molar-refractivity contribution in [3.63, 3.8) is 0 Å². The number of benzene rings is 3. The largest absolute Gasteiger partial charge is 0.276 e. The topological polar surface area (TPSA) is 52.9 Å². The Morgan fingerprint density at radius 3 is 2.44 bits per heavy atom. The van der Waals surface area contributed by atoms with Gasteiger partial charge < -0.3 is 0 Å². The molecule has 0 N–H and O–H groups in total. The third-order valence-electron chi connectivity index (χ3n) is 7.16. The molecule has 0 aliphatic carbocycles. The summed E-state index contributed by atoms with van der Waals surface area (Å²) in [6.07, 6.45) is 5.67. The maximum atomic E-state index is 5.14. The highest BCUT2D eigenvalue weighted by molar-refractivity contribution is 7.99. The van der Waals surface area contributed by atoms with Crippen LogP contribution in [0.1, 0.15) is 31.9 Å². The second kappa shape index (κ2) is 8.85. The summed E-state index contributed by atoms with van der Waals surface area (Å²) in [5, 5.41) is 4.38. The number of para-hydroxylation sites is 1. The fourth-order valence-corrected chi connectivity index (χ4v) is 6.04. The summed E-state index contributed by atoms with van der Waals surface area (Å²) in [5.41, 5.74) is 7.75. The van der Waals surface area contributed by atoms with Crippen molar-refractivity contribution < 1.29 is 0 Å². The first-order chi connectivity index (χ1) is 18.9. The predicted molar refractivity (Wildman–Crippen MR) is 158 cm³/mol. The minimum Gasteiger partial charge on any atom is -0.276 e. The summed E-state index contributed by atoms with van der Waals surface area (Å²) in [4.78, 5) is 12.3. The van der Waals surface area contributed by atoms with Crippen LogP contribution in [0.3, 0.4) is 0 Å². The maximum Gasteiger partial charge on any atom is 0.221 e. The Bertz CT molecular complexity index is 1990. The summed E-state index contributed by atoms with van der Waals surface area (Å²) in [7, 11) is 0. The normalized spacial score (nSPS) is 12.2. The highest BCUT2D eigenvalue weighted by atomic mass is 32.2. The highest BCUT2D eigenvalue weighted by Crippen LogP contribution is 2.35. The van der Waals surface area contributed by atoms with E-state index in [2.05, 4.69) is 115 Å². The number of aromatic nitrogens is 6. The molecule has 0 fully saturated rings. The van der Waals surface area contributed by atoms with Crippen LogP contribution in [0.2, 0.25) is 0 Å². The highest BCUT2D eigenvalue weighted by Gasteiger charge is 2.21. The zero-order chi connectivity index (χ0) is 26.7. The van der Waals surface area contributed by atoms with Crippen LogP contribution in [0.25, 0.3) is 39.3 Å². The molecule has 6 nitrogen and oxygen atoms in total. The summed E-state index contributed by atoms with van der Waals surface area (Å²) in [5.74, 6) is 1.74. The molecule has 0 aliphatic heterocycles. The van der Waals surface area contributed by atoms with Gasteiger partial charge in [-0.05, 0) is 84.1 Å². The van der Waals surface area contributed by atoms with Gasteiger partial charge in [-0.3, -0.25) is 8.97 Å². The van der Waals surface area contributed by atoms with Gasteiger partial charge in [-0.2, -0.15) is 5.10 Å². The number of pyridine rings is 1. The lowest BCUT2D eigenvalue weighted by Crippen LogP contribution is -2.12. The molecule has 7 rings (SSSR count). The van der Waals surface area contributed by atoms with Crippen LogP contribution < -0.4 is 0 Å². The van der Waals surface area contributed by atoms with E-state index in [0.29, 0.717) is 0 Å². The molecule has 192 valence electrons. The number of nitrogens with zero attached hydrogens (tertiary/aromatic N) is 6. The van der Waals surface area contributed by atoms with Crippen LogP contribution in [0.15, 0.2) is 107 Å². The van der Waals surface area contributed by atoms with E-state index in [0.717, 1.165) is 54.7 Å². The van der Waals surface area contributed by atoms with Gasteiger partial charge in [0, 0.05) is 28.4 Å². The van der Waals surface area contributed by atoms with E-state index in [9.17, 15) is 0 Å². The quantitative estimate of drug-likeness (QED) is 0.234. The van der Waals surface area contributed by atoms with Gasteiger partial charge in [0.1, 0.15) is 5.82 Å². The molecule has 0 spiro atoms. The molecule has 4 heterocycles. The summed E-state index contributed by atoms with van der Waals surface area (Å²) in [6.45, 7) is 8.81. The average molecular weight is 529 g/mol. The SMILES string of the molecule is Cc1cccc2c1nc1n(-c3cc(C(C)(C)C)ccn3)c3cc(Sc4cccc(-n5cccn5)c4)ccc3n21. The van der Waals surface area contributed by atoms with Gasteiger partial charge in [0.25, 0.3) is 0 Å². The van der Waals surface area contributed by atoms with Gasteiger partial charge in [-0.1, -0.05) is 50.7 Å². The molecule has 7 aromatic rings. The predicted octanol–water partition coefficient (Wildman–Crippen LogP) is 7.77. The van der Waals surface area contributed by atoms with Crippen molar-refractivity contribution in [3.8, 4) is 11.5 Å². The summed E-state index contributed by atoms with van der Waals surface area (Å²) < 4.78 is 6.35. The maximum absolute atomic E-state index is 5.14.